The van der Waals surface area contributed by atoms with E-state index in [1.807, 2.05) is 42.5 Å². The summed E-state index contributed by atoms with van der Waals surface area (Å²) in [6.45, 7) is 1.87. The molecule has 17 heteroatoms. The molecule has 306 valence electrons. The highest BCUT2D eigenvalue weighted by molar-refractivity contribution is 5.95. The van der Waals surface area contributed by atoms with Gasteiger partial charge in [0, 0.05) is 32.5 Å². The largest absolute Gasteiger partial charge is 0.508 e. The molecule has 0 unspecified atom stereocenters. The summed E-state index contributed by atoms with van der Waals surface area (Å²) in [5, 5.41) is 23.1. The van der Waals surface area contributed by atoms with Crippen LogP contribution in [0.2, 0.25) is 0 Å². The third-order valence-electron chi connectivity index (χ3n) is 9.81. The number of carbonyl (C=O) groups is 5. The third kappa shape index (κ3) is 13.2. The first-order valence-corrected chi connectivity index (χ1v) is 19.1. The minimum absolute atomic E-state index is 0.00118. The maximum absolute atomic E-state index is 14.3. The van der Waals surface area contributed by atoms with Crippen LogP contribution in [0.5, 0.6) is 5.75 Å². The van der Waals surface area contributed by atoms with Crippen molar-refractivity contribution in [3.63, 3.8) is 0 Å². The van der Waals surface area contributed by atoms with E-state index in [4.69, 9.17) is 22.9 Å². The number of hydrogen-bond donors (Lipinski definition) is 9. The highest BCUT2D eigenvalue weighted by Crippen LogP contribution is 2.24. The number of guanidine groups is 2. The van der Waals surface area contributed by atoms with Gasteiger partial charge in [0.2, 0.25) is 23.6 Å². The molecule has 4 atom stereocenters. The Kier molecular flexibility index (Phi) is 16.2. The summed E-state index contributed by atoms with van der Waals surface area (Å²) in [5.41, 5.74) is 21.5. The lowest BCUT2D eigenvalue weighted by Gasteiger charge is -2.44. The van der Waals surface area contributed by atoms with Crippen LogP contribution in [-0.4, -0.2) is 102 Å². The molecular formula is C40H55N11O6. The molecule has 13 N–H and O–H groups in total. The number of nitrogens with one attached hydrogen (secondary N) is 4. The van der Waals surface area contributed by atoms with Crippen LogP contribution in [0.25, 0.3) is 10.8 Å². The molecule has 17 nitrogen and oxygen atoms in total. The van der Waals surface area contributed by atoms with Crippen LogP contribution in [0.4, 0.5) is 0 Å². The number of amides is 4. The van der Waals surface area contributed by atoms with Gasteiger partial charge in [0.1, 0.15) is 17.8 Å². The van der Waals surface area contributed by atoms with Crippen molar-refractivity contribution in [1.29, 1.82) is 0 Å². The van der Waals surface area contributed by atoms with Crippen molar-refractivity contribution < 1.29 is 29.1 Å². The number of aldehydes is 1. The first kappa shape index (κ1) is 43.5. The topological polar surface area (TPSA) is 286 Å². The van der Waals surface area contributed by atoms with E-state index in [0.29, 0.717) is 44.1 Å². The van der Waals surface area contributed by atoms with E-state index in [0.717, 1.165) is 22.8 Å². The number of nitrogens with zero attached hydrogens (tertiary/aromatic N) is 3. The van der Waals surface area contributed by atoms with Crippen LogP contribution < -0.4 is 44.2 Å². The Balaban J connectivity index is 1.71. The second-order valence-electron chi connectivity index (χ2n) is 14.2. The molecule has 1 saturated heterocycles. The number of aliphatic imine (C=N–C) groups is 2. The number of rotatable bonds is 16. The predicted molar refractivity (Wildman–Crippen MR) is 218 cm³/mol. The molecule has 0 aromatic heterocycles. The van der Waals surface area contributed by atoms with Crippen molar-refractivity contribution in [2.45, 2.75) is 82.1 Å². The van der Waals surface area contributed by atoms with Gasteiger partial charge in [-0.1, -0.05) is 67.4 Å². The summed E-state index contributed by atoms with van der Waals surface area (Å²) in [5.74, 6) is -2.68. The van der Waals surface area contributed by atoms with E-state index in [1.165, 1.54) is 12.1 Å². The minimum atomic E-state index is -1.80. The lowest BCUT2D eigenvalue weighted by molar-refractivity contribution is -0.142. The zero-order valence-corrected chi connectivity index (χ0v) is 32.3. The second-order valence-corrected chi connectivity index (χ2v) is 14.2. The van der Waals surface area contributed by atoms with Crippen molar-refractivity contribution in [2.75, 3.05) is 26.2 Å². The average Bonchev–Trinajstić information content (AvgIpc) is 3.18. The second kappa shape index (κ2) is 21.2. The van der Waals surface area contributed by atoms with Crippen molar-refractivity contribution in [3.05, 3.63) is 77.9 Å². The normalized spacial score (nSPS) is 21.0. The van der Waals surface area contributed by atoms with Crippen LogP contribution in [0.1, 0.15) is 56.6 Å². The molecule has 57 heavy (non-hydrogen) atoms. The summed E-state index contributed by atoms with van der Waals surface area (Å²) < 4.78 is 0. The number of hydrogen-bond acceptors (Lipinski definition) is 9. The molecule has 4 amide bonds. The molecular weight excluding hydrogens is 731 g/mol. The van der Waals surface area contributed by atoms with Crippen LogP contribution >= 0.6 is 0 Å². The Morgan fingerprint density at radius 1 is 0.789 bits per heavy atom. The molecule has 0 aliphatic carbocycles. The third-order valence-corrected chi connectivity index (χ3v) is 9.81. The number of carbonyl (C=O) groups excluding carboxylic acids is 5. The number of nitrogens with two attached hydrogens (primary N) is 4. The number of unbranched alkanes of at least 4 members (excludes halogenated alkanes) is 3. The molecule has 3 aromatic carbocycles. The van der Waals surface area contributed by atoms with Crippen LogP contribution in [0.15, 0.2) is 76.7 Å². The summed E-state index contributed by atoms with van der Waals surface area (Å²) in [6, 6.07) is 16.2. The molecule has 1 heterocycles. The fourth-order valence-electron chi connectivity index (χ4n) is 6.84. The summed E-state index contributed by atoms with van der Waals surface area (Å²) in [4.78, 5) is 79.0. The van der Waals surface area contributed by atoms with Gasteiger partial charge in [0.05, 0.1) is 12.6 Å². The SMILES string of the molecule is C[C@H]1C(=O)N[C@@H](CCCN=C(N)N)C(=O)N[C@@H](Cc2ccc3ccccc3c2)C(=O)NCC(=O)N[C@](C=O)(Cc2ccc(O)cc2)N1CCCCCCN=C(N)N. The summed E-state index contributed by atoms with van der Waals surface area (Å²) in [7, 11) is 0. The smallest absolute Gasteiger partial charge is 0.243 e. The quantitative estimate of drug-likeness (QED) is 0.0404. The fourth-order valence-corrected chi connectivity index (χ4v) is 6.84. The molecule has 1 aliphatic rings. The number of fused-ring (bicyclic) bond motifs is 1. The monoisotopic (exact) mass is 785 g/mol. The van der Waals surface area contributed by atoms with Crippen molar-refractivity contribution in [1.82, 2.24) is 26.2 Å². The minimum Gasteiger partial charge on any atom is -0.508 e. The lowest BCUT2D eigenvalue weighted by Crippen LogP contribution is -2.69. The summed E-state index contributed by atoms with van der Waals surface area (Å²) >= 11 is 0. The van der Waals surface area contributed by atoms with Gasteiger partial charge < -0.3 is 49.3 Å². The van der Waals surface area contributed by atoms with Gasteiger partial charge in [-0.05, 0) is 66.6 Å². The molecule has 0 saturated carbocycles. The molecule has 4 rings (SSSR count). The van der Waals surface area contributed by atoms with Gasteiger partial charge in [0.25, 0.3) is 0 Å². The molecule has 3 aromatic rings. The maximum atomic E-state index is 14.3. The van der Waals surface area contributed by atoms with Gasteiger partial charge in [-0.3, -0.25) is 38.9 Å². The first-order chi connectivity index (χ1) is 27.3. The Bertz CT molecular complexity index is 1910. The van der Waals surface area contributed by atoms with Gasteiger partial charge in [-0.2, -0.15) is 0 Å². The van der Waals surface area contributed by atoms with Crippen LogP contribution in [0, 0.1) is 0 Å². The predicted octanol–water partition coefficient (Wildman–Crippen LogP) is 0.0193. The van der Waals surface area contributed by atoms with Crippen molar-refractivity contribution in [3.8, 4) is 5.75 Å². The Morgan fingerprint density at radius 2 is 1.42 bits per heavy atom. The maximum Gasteiger partial charge on any atom is 0.243 e. The van der Waals surface area contributed by atoms with Gasteiger partial charge >= 0.3 is 0 Å². The lowest BCUT2D eigenvalue weighted by atomic mass is 9.95. The average molecular weight is 786 g/mol. The highest BCUT2D eigenvalue weighted by atomic mass is 16.3. The first-order valence-electron chi connectivity index (χ1n) is 19.1. The van der Waals surface area contributed by atoms with E-state index >= 15 is 0 Å². The standard InChI is InChI=1S/C40H55N11O6/c1-26-35(55)48-32(11-8-19-46-39(43)44)37(57)49-33(22-28-12-15-29-9-4-5-10-30(29)21-28)36(56)47-24-34(54)50-40(25-52,23-27-13-16-31(53)17-14-27)51(26)20-7-3-2-6-18-45-38(41)42/h4-5,9-10,12-17,21,25-26,32-33,53H,2-3,6-8,11,18-20,22-24H2,1H3,(H,47,56)(H,48,55)(H,49,57)(H,50,54)(H4,41,42,45)(H4,43,44,46)/t26-,32-,33-,40+/m0/s1. The molecule has 1 aliphatic heterocycles. The van der Waals surface area contributed by atoms with Crippen LogP contribution in [0.3, 0.4) is 0 Å². The summed E-state index contributed by atoms with van der Waals surface area (Å²) in [6.07, 6.45) is 3.63. The van der Waals surface area contributed by atoms with Gasteiger partial charge in [-0.15, -0.1) is 0 Å². The van der Waals surface area contributed by atoms with Crippen LogP contribution in [-0.2, 0) is 36.8 Å². The van der Waals surface area contributed by atoms with E-state index < -0.39 is 54.0 Å². The van der Waals surface area contributed by atoms with Gasteiger partial charge in [-0.25, -0.2) is 0 Å². The Labute approximate surface area is 332 Å². The van der Waals surface area contributed by atoms with E-state index in [1.54, 1.807) is 24.0 Å². The van der Waals surface area contributed by atoms with Crippen molar-refractivity contribution >= 4 is 52.6 Å². The van der Waals surface area contributed by atoms with E-state index in [2.05, 4.69) is 31.3 Å². The Morgan fingerprint density at radius 3 is 2.11 bits per heavy atom. The van der Waals surface area contributed by atoms with Crippen molar-refractivity contribution in [2.24, 2.45) is 32.9 Å². The number of aromatic hydroxyl groups is 1. The number of phenolic OH excluding ortho intramolecular Hbond substituents is 1. The Hall–Kier alpha value is -6.23. The van der Waals surface area contributed by atoms with E-state index in [9.17, 15) is 29.1 Å². The zero-order valence-electron chi connectivity index (χ0n) is 32.3. The van der Waals surface area contributed by atoms with E-state index in [-0.39, 0.29) is 50.0 Å². The molecule has 0 spiro atoms. The van der Waals surface area contributed by atoms with Gasteiger partial charge in [0.15, 0.2) is 23.9 Å². The highest BCUT2D eigenvalue weighted by Gasteiger charge is 2.43. The zero-order chi connectivity index (χ0) is 41.4. The fraction of sp³-hybridized carbons (Fsp3) is 0.425. The molecule has 0 bridgehead atoms. The molecule has 0 radical (unpaired) electrons. The number of phenols is 1. The molecule has 1 fully saturated rings. The number of benzene rings is 3.